The van der Waals surface area contributed by atoms with Crippen LogP contribution in [0.4, 0.5) is 5.69 Å². The quantitative estimate of drug-likeness (QED) is 0.480. The van der Waals surface area contributed by atoms with Crippen LogP contribution in [0.25, 0.3) is 0 Å². The minimum atomic E-state index is 0.0945. The predicted molar refractivity (Wildman–Crippen MR) is 78.0 cm³/mol. The summed E-state index contributed by atoms with van der Waals surface area (Å²) in [6.45, 7) is 3.26. The molecule has 3 N–H and O–H groups in total. The fourth-order valence-corrected chi connectivity index (χ4v) is 2.27. The van der Waals surface area contributed by atoms with Crippen LogP contribution in [0, 0.1) is 5.41 Å². The third-order valence-corrected chi connectivity index (χ3v) is 3.44. The molecule has 1 aromatic rings. The molecule has 94 valence electrons. The van der Waals surface area contributed by atoms with Crippen LogP contribution in [-0.4, -0.2) is 19.4 Å². The molecule has 17 heavy (non-hydrogen) atoms. The highest BCUT2D eigenvalue weighted by molar-refractivity contribution is 9.10. The van der Waals surface area contributed by atoms with Crippen molar-refractivity contribution in [2.45, 2.75) is 26.2 Å². The van der Waals surface area contributed by atoms with Crippen LogP contribution in [0.5, 0.6) is 0 Å². The highest BCUT2D eigenvalue weighted by Gasteiger charge is 2.06. The van der Waals surface area contributed by atoms with E-state index in [1.54, 1.807) is 0 Å². The molecular weight excluding hydrogens is 278 g/mol. The number of unbranched alkanes of at least 4 members (excludes halogenated alkanes) is 2. The molecule has 4 heteroatoms. The van der Waals surface area contributed by atoms with Gasteiger partial charge in [0.15, 0.2) is 0 Å². The molecule has 0 aliphatic rings. The lowest BCUT2D eigenvalue weighted by Gasteiger charge is -2.20. The number of nitrogens with two attached hydrogens (primary N) is 1. The standard InChI is InChI=1S/C13H20BrN3/c1-3-4-5-8-17(2)10-6-7-11(13(15)16)12(14)9-10/h6-7,9H,3-5,8H2,1-2H3,(H3,15,16). The lowest BCUT2D eigenvalue weighted by atomic mass is 10.1. The van der Waals surface area contributed by atoms with Gasteiger partial charge < -0.3 is 10.6 Å². The molecule has 0 bridgehead atoms. The molecule has 0 radical (unpaired) electrons. The van der Waals surface area contributed by atoms with Crippen molar-refractivity contribution in [1.29, 1.82) is 5.41 Å². The summed E-state index contributed by atoms with van der Waals surface area (Å²) in [5.74, 6) is 0.0945. The first-order chi connectivity index (χ1) is 8.06. The topological polar surface area (TPSA) is 53.1 Å². The third-order valence-electron chi connectivity index (χ3n) is 2.78. The number of hydrogen-bond donors (Lipinski definition) is 2. The Morgan fingerprint density at radius 2 is 2.12 bits per heavy atom. The van der Waals surface area contributed by atoms with Crippen LogP contribution in [-0.2, 0) is 0 Å². The highest BCUT2D eigenvalue weighted by Crippen LogP contribution is 2.23. The maximum absolute atomic E-state index is 7.42. The van der Waals surface area contributed by atoms with Crippen molar-refractivity contribution in [3.05, 3.63) is 28.2 Å². The van der Waals surface area contributed by atoms with E-state index in [4.69, 9.17) is 11.1 Å². The van der Waals surface area contributed by atoms with Crippen LogP contribution in [0.2, 0.25) is 0 Å². The second-order valence-electron chi connectivity index (χ2n) is 4.21. The van der Waals surface area contributed by atoms with Gasteiger partial charge in [-0.15, -0.1) is 0 Å². The van der Waals surface area contributed by atoms with E-state index in [0.29, 0.717) is 0 Å². The summed E-state index contributed by atoms with van der Waals surface area (Å²) < 4.78 is 0.879. The summed E-state index contributed by atoms with van der Waals surface area (Å²) in [5, 5.41) is 7.42. The monoisotopic (exact) mass is 297 g/mol. The molecular formula is C13H20BrN3. The smallest absolute Gasteiger partial charge is 0.123 e. The molecule has 0 spiro atoms. The molecule has 0 aromatic heterocycles. The van der Waals surface area contributed by atoms with Crippen molar-refractivity contribution >= 4 is 27.5 Å². The van der Waals surface area contributed by atoms with Crippen molar-refractivity contribution in [2.75, 3.05) is 18.5 Å². The summed E-state index contributed by atoms with van der Waals surface area (Å²) in [6, 6.07) is 5.91. The van der Waals surface area contributed by atoms with E-state index in [-0.39, 0.29) is 5.84 Å². The van der Waals surface area contributed by atoms with Gasteiger partial charge in [-0.3, -0.25) is 5.41 Å². The summed E-state index contributed by atoms with van der Waals surface area (Å²) in [4.78, 5) is 2.23. The van der Waals surface area contributed by atoms with E-state index in [0.717, 1.165) is 22.3 Å². The average Bonchev–Trinajstić information content (AvgIpc) is 2.28. The van der Waals surface area contributed by atoms with Gasteiger partial charge in [0.05, 0.1) is 0 Å². The molecule has 3 nitrogen and oxygen atoms in total. The number of rotatable bonds is 6. The second-order valence-corrected chi connectivity index (χ2v) is 5.06. The van der Waals surface area contributed by atoms with E-state index in [1.165, 1.54) is 19.3 Å². The first kappa shape index (κ1) is 14.0. The molecule has 0 atom stereocenters. The fourth-order valence-electron chi connectivity index (χ4n) is 1.69. The van der Waals surface area contributed by atoms with Crippen LogP contribution >= 0.6 is 15.9 Å². The Kier molecular flexibility index (Phi) is 5.48. The number of nitrogens with one attached hydrogen (secondary N) is 1. The molecule has 0 heterocycles. The number of halogens is 1. The average molecular weight is 298 g/mol. The third kappa shape index (κ3) is 4.04. The molecule has 0 unspecified atom stereocenters. The lowest BCUT2D eigenvalue weighted by Crippen LogP contribution is -2.19. The van der Waals surface area contributed by atoms with E-state index >= 15 is 0 Å². The van der Waals surface area contributed by atoms with Crippen LogP contribution in [0.3, 0.4) is 0 Å². The first-order valence-corrected chi connectivity index (χ1v) is 6.70. The molecule has 0 aliphatic carbocycles. The van der Waals surface area contributed by atoms with Crippen molar-refractivity contribution in [1.82, 2.24) is 0 Å². The molecule has 0 fully saturated rings. The van der Waals surface area contributed by atoms with Crippen molar-refractivity contribution in [2.24, 2.45) is 5.73 Å². The van der Waals surface area contributed by atoms with Gasteiger partial charge in [-0.2, -0.15) is 0 Å². The Labute approximate surface area is 112 Å². The Morgan fingerprint density at radius 3 is 2.65 bits per heavy atom. The lowest BCUT2D eigenvalue weighted by molar-refractivity contribution is 0.705. The number of nitrogen functional groups attached to an aromatic ring is 1. The highest BCUT2D eigenvalue weighted by atomic mass is 79.9. The number of anilines is 1. The van der Waals surface area contributed by atoms with Crippen LogP contribution in [0.1, 0.15) is 31.7 Å². The SMILES string of the molecule is CCCCCN(C)c1ccc(C(=N)N)c(Br)c1. The zero-order chi connectivity index (χ0) is 12.8. The second kappa shape index (κ2) is 6.64. The maximum Gasteiger partial charge on any atom is 0.123 e. The van der Waals surface area contributed by atoms with Crippen molar-refractivity contribution in [3.8, 4) is 0 Å². The number of nitrogens with zero attached hydrogens (tertiary/aromatic N) is 1. The van der Waals surface area contributed by atoms with Crippen LogP contribution < -0.4 is 10.6 Å². The van der Waals surface area contributed by atoms with Gasteiger partial charge in [0.25, 0.3) is 0 Å². The molecule has 0 aliphatic heterocycles. The Balaban J connectivity index is 2.72. The van der Waals surface area contributed by atoms with E-state index in [9.17, 15) is 0 Å². The normalized spacial score (nSPS) is 10.3. The summed E-state index contributed by atoms with van der Waals surface area (Å²) in [5.41, 5.74) is 7.38. The van der Waals surface area contributed by atoms with Gasteiger partial charge in [0.1, 0.15) is 5.84 Å². The largest absolute Gasteiger partial charge is 0.384 e. The van der Waals surface area contributed by atoms with E-state index in [2.05, 4.69) is 34.8 Å². The summed E-state index contributed by atoms with van der Waals surface area (Å²) in [7, 11) is 2.09. The molecule has 0 amide bonds. The van der Waals surface area contributed by atoms with Crippen LogP contribution in [0.15, 0.2) is 22.7 Å². The summed E-state index contributed by atoms with van der Waals surface area (Å²) >= 11 is 3.45. The van der Waals surface area contributed by atoms with Gasteiger partial charge in [0.2, 0.25) is 0 Å². The number of benzene rings is 1. The Morgan fingerprint density at radius 1 is 1.41 bits per heavy atom. The van der Waals surface area contributed by atoms with E-state index in [1.807, 2.05) is 18.2 Å². The minimum absolute atomic E-state index is 0.0945. The predicted octanol–water partition coefficient (Wildman–Crippen LogP) is 3.36. The number of hydrogen-bond acceptors (Lipinski definition) is 2. The van der Waals surface area contributed by atoms with Gasteiger partial charge in [-0.1, -0.05) is 19.8 Å². The maximum atomic E-state index is 7.42. The van der Waals surface area contributed by atoms with Gasteiger partial charge >= 0.3 is 0 Å². The Bertz CT molecular complexity index is 390. The molecule has 0 saturated carbocycles. The Hall–Kier alpha value is -1.03. The van der Waals surface area contributed by atoms with Gasteiger partial charge in [-0.05, 0) is 40.5 Å². The zero-order valence-corrected chi connectivity index (χ0v) is 12.0. The van der Waals surface area contributed by atoms with E-state index < -0.39 is 0 Å². The number of amidine groups is 1. The van der Waals surface area contributed by atoms with Crippen molar-refractivity contribution < 1.29 is 0 Å². The first-order valence-electron chi connectivity index (χ1n) is 5.91. The molecule has 1 rings (SSSR count). The van der Waals surface area contributed by atoms with Crippen molar-refractivity contribution in [3.63, 3.8) is 0 Å². The molecule has 0 saturated heterocycles. The molecule has 1 aromatic carbocycles. The zero-order valence-electron chi connectivity index (χ0n) is 10.5. The fraction of sp³-hybridized carbons (Fsp3) is 0.462. The summed E-state index contributed by atoms with van der Waals surface area (Å²) in [6.07, 6.45) is 3.71. The van der Waals surface area contributed by atoms with Gasteiger partial charge in [0, 0.05) is 29.3 Å². The van der Waals surface area contributed by atoms with Gasteiger partial charge in [-0.25, -0.2) is 0 Å². The minimum Gasteiger partial charge on any atom is -0.384 e.